The molecule has 24 heavy (non-hydrogen) atoms. The minimum atomic E-state index is -0.185. The molecule has 0 spiro atoms. The minimum Gasteiger partial charge on any atom is -0.294 e. The van der Waals surface area contributed by atoms with Crippen molar-refractivity contribution in [3.05, 3.63) is 82.9 Å². The van der Waals surface area contributed by atoms with Crippen LogP contribution in [0.3, 0.4) is 0 Å². The Labute approximate surface area is 139 Å². The maximum atomic E-state index is 13.1. The van der Waals surface area contributed by atoms with Crippen LogP contribution >= 0.6 is 0 Å². The Morgan fingerprint density at radius 1 is 0.542 bits per heavy atom. The second kappa shape index (κ2) is 4.02. The van der Waals surface area contributed by atoms with Crippen LogP contribution in [0.25, 0.3) is 10.8 Å². The summed E-state index contributed by atoms with van der Waals surface area (Å²) in [6.45, 7) is 0. The van der Waals surface area contributed by atoms with Crippen molar-refractivity contribution in [2.45, 2.75) is 11.8 Å². The predicted molar refractivity (Wildman–Crippen MR) is 91.5 cm³/mol. The first-order valence-corrected chi connectivity index (χ1v) is 8.46. The van der Waals surface area contributed by atoms with E-state index in [9.17, 15) is 9.59 Å². The number of hydrogen-bond acceptors (Lipinski definition) is 2. The molecular weight excluding hydrogens is 296 g/mol. The lowest BCUT2D eigenvalue weighted by molar-refractivity contribution is 0.0440. The van der Waals surface area contributed by atoms with Gasteiger partial charge in [-0.2, -0.15) is 0 Å². The fraction of sp³-hybridized carbons (Fsp3) is 0.182. The summed E-state index contributed by atoms with van der Waals surface area (Å²) < 4.78 is 0. The Bertz CT molecular complexity index is 997. The van der Waals surface area contributed by atoms with Gasteiger partial charge in [0.05, 0.1) is 0 Å². The summed E-state index contributed by atoms with van der Waals surface area (Å²) >= 11 is 0. The normalized spacial score (nSPS) is 29.0. The van der Waals surface area contributed by atoms with E-state index < -0.39 is 0 Å². The molecule has 4 atom stereocenters. The van der Waals surface area contributed by atoms with Gasteiger partial charge in [-0.15, -0.1) is 0 Å². The fourth-order valence-electron chi connectivity index (χ4n) is 5.40. The topological polar surface area (TPSA) is 34.1 Å². The highest BCUT2D eigenvalue weighted by atomic mass is 16.1. The van der Waals surface area contributed by atoms with Crippen molar-refractivity contribution in [2.24, 2.45) is 11.8 Å². The van der Waals surface area contributed by atoms with Crippen molar-refractivity contribution in [3.8, 4) is 0 Å². The van der Waals surface area contributed by atoms with E-state index in [4.69, 9.17) is 0 Å². The van der Waals surface area contributed by atoms with Gasteiger partial charge in [-0.1, -0.05) is 60.7 Å². The number of Topliss-reactive ketones (excluding diaryl/α,β-unsaturated/α-hetero) is 2. The van der Waals surface area contributed by atoms with Crippen molar-refractivity contribution in [2.75, 3.05) is 0 Å². The van der Waals surface area contributed by atoms with E-state index in [1.54, 1.807) is 0 Å². The highest BCUT2D eigenvalue weighted by Gasteiger charge is 2.63. The molecule has 3 aromatic rings. The lowest BCUT2D eigenvalue weighted by atomic mass is 9.49. The molecule has 0 aliphatic heterocycles. The van der Waals surface area contributed by atoms with Gasteiger partial charge in [0.2, 0.25) is 0 Å². The number of carbonyl (C=O) groups is 2. The van der Waals surface area contributed by atoms with Crippen molar-refractivity contribution < 1.29 is 9.59 Å². The van der Waals surface area contributed by atoms with Crippen LogP contribution in [0.1, 0.15) is 43.7 Å². The molecule has 2 heteroatoms. The molecule has 0 N–H and O–H groups in total. The second-order valence-electron chi connectivity index (χ2n) is 7.17. The molecule has 4 unspecified atom stereocenters. The van der Waals surface area contributed by atoms with Crippen LogP contribution in [0.5, 0.6) is 0 Å². The quantitative estimate of drug-likeness (QED) is 0.619. The van der Waals surface area contributed by atoms with Gasteiger partial charge in [-0.05, 0) is 21.9 Å². The molecule has 0 radical (unpaired) electrons. The van der Waals surface area contributed by atoms with Gasteiger partial charge in [-0.3, -0.25) is 9.59 Å². The zero-order valence-corrected chi connectivity index (χ0v) is 12.9. The van der Waals surface area contributed by atoms with E-state index in [0.717, 1.165) is 0 Å². The summed E-state index contributed by atoms with van der Waals surface area (Å²) in [4.78, 5) is 26.2. The highest BCUT2D eigenvalue weighted by molar-refractivity contribution is 6.18. The summed E-state index contributed by atoms with van der Waals surface area (Å²) in [7, 11) is 0. The molecule has 0 aromatic heterocycles. The Morgan fingerprint density at radius 3 is 1.54 bits per heavy atom. The number of fused-ring (bicyclic) bond motifs is 7. The van der Waals surface area contributed by atoms with E-state index in [1.807, 2.05) is 24.3 Å². The van der Waals surface area contributed by atoms with Gasteiger partial charge in [-0.25, -0.2) is 0 Å². The molecule has 114 valence electrons. The van der Waals surface area contributed by atoms with Crippen LogP contribution in [0, 0.1) is 11.8 Å². The zero-order chi connectivity index (χ0) is 16.0. The molecule has 0 saturated heterocycles. The van der Waals surface area contributed by atoms with Crippen LogP contribution in [-0.2, 0) is 0 Å². The molecule has 0 bridgehead atoms. The third kappa shape index (κ3) is 1.23. The SMILES string of the molecule is O=C1c2ccccc2C(=O)C2C1C1c3cccc4cccc(c34)C21. The van der Waals surface area contributed by atoms with Crippen LogP contribution in [0.2, 0.25) is 0 Å². The first-order chi connectivity index (χ1) is 11.8. The number of benzene rings is 3. The summed E-state index contributed by atoms with van der Waals surface area (Å²) in [5.41, 5.74) is 3.75. The standard InChI is InChI=1S/C22H14O2/c23-21-12-7-1-2-8-13(12)22(24)20-18-15-10-4-6-11-5-3-9-14(16(11)15)17(18)19(20)21/h1-10,17-20H. The molecule has 0 heterocycles. The predicted octanol–water partition coefficient (Wildman–Crippen LogP) is 4.35. The van der Waals surface area contributed by atoms with E-state index in [-0.39, 0.29) is 35.2 Å². The highest BCUT2D eigenvalue weighted by Crippen LogP contribution is 2.66. The van der Waals surface area contributed by atoms with E-state index >= 15 is 0 Å². The Balaban J connectivity index is 1.62. The second-order valence-corrected chi connectivity index (χ2v) is 7.17. The number of rotatable bonds is 0. The molecule has 3 aliphatic rings. The largest absolute Gasteiger partial charge is 0.294 e. The van der Waals surface area contributed by atoms with Gasteiger partial charge < -0.3 is 0 Å². The summed E-state index contributed by atoms with van der Waals surface area (Å²) in [6, 6.07) is 20.0. The molecule has 3 aromatic carbocycles. The van der Waals surface area contributed by atoms with Gasteiger partial charge in [0.1, 0.15) is 0 Å². The van der Waals surface area contributed by atoms with Crippen LogP contribution in [0.4, 0.5) is 0 Å². The maximum Gasteiger partial charge on any atom is 0.168 e. The average molecular weight is 310 g/mol. The number of carbonyl (C=O) groups excluding carboxylic acids is 2. The molecule has 2 nitrogen and oxygen atoms in total. The lowest BCUT2D eigenvalue weighted by Crippen LogP contribution is -2.52. The Morgan fingerprint density at radius 2 is 1.04 bits per heavy atom. The van der Waals surface area contributed by atoms with Gasteiger partial charge >= 0.3 is 0 Å². The Kier molecular flexibility index (Phi) is 2.12. The first kappa shape index (κ1) is 12.7. The van der Waals surface area contributed by atoms with Gasteiger partial charge in [0.25, 0.3) is 0 Å². The molecule has 6 rings (SSSR count). The van der Waals surface area contributed by atoms with Crippen molar-refractivity contribution in [3.63, 3.8) is 0 Å². The smallest absolute Gasteiger partial charge is 0.168 e. The Hall–Kier alpha value is -2.74. The fourth-order valence-corrected chi connectivity index (χ4v) is 5.40. The summed E-state index contributed by atoms with van der Waals surface area (Å²) in [5.74, 6) is 0.273. The number of ketones is 2. The third-order valence-electron chi connectivity index (χ3n) is 6.30. The molecule has 1 saturated carbocycles. The average Bonchev–Trinajstić information content (AvgIpc) is 2.86. The molecule has 1 fully saturated rings. The third-order valence-corrected chi connectivity index (χ3v) is 6.30. The van der Waals surface area contributed by atoms with E-state index in [1.165, 1.54) is 21.9 Å². The zero-order valence-electron chi connectivity index (χ0n) is 12.9. The molecule has 0 amide bonds. The van der Waals surface area contributed by atoms with Gasteiger partial charge in [0.15, 0.2) is 11.6 Å². The number of hydrogen-bond donors (Lipinski definition) is 0. The van der Waals surface area contributed by atoms with E-state index in [0.29, 0.717) is 11.1 Å². The van der Waals surface area contributed by atoms with Crippen LogP contribution in [0.15, 0.2) is 60.7 Å². The van der Waals surface area contributed by atoms with E-state index in [2.05, 4.69) is 36.4 Å². The van der Waals surface area contributed by atoms with Crippen LogP contribution < -0.4 is 0 Å². The monoisotopic (exact) mass is 310 g/mol. The van der Waals surface area contributed by atoms with Crippen LogP contribution in [-0.4, -0.2) is 11.6 Å². The van der Waals surface area contributed by atoms with Crippen molar-refractivity contribution in [1.82, 2.24) is 0 Å². The lowest BCUT2D eigenvalue weighted by Gasteiger charge is -2.50. The maximum absolute atomic E-state index is 13.1. The minimum absolute atomic E-state index is 0.154. The van der Waals surface area contributed by atoms with Gasteiger partial charge in [0, 0.05) is 34.8 Å². The summed E-state index contributed by atoms with van der Waals surface area (Å²) in [6.07, 6.45) is 0. The van der Waals surface area contributed by atoms with Crippen molar-refractivity contribution in [1.29, 1.82) is 0 Å². The molecular formula is C22H14O2. The van der Waals surface area contributed by atoms with Crippen molar-refractivity contribution >= 4 is 22.3 Å². The summed E-state index contributed by atoms with van der Waals surface area (Å²) in [5, 5.41) is 2.49. The first-order valence-electron chi connectivity index (χ1n) is 8.46. The molecule has 3 aliphatic carbocycles.